The molecule has 0 heterocycles. The van der Waals surface area contributed by atoms with Gasteiger partial charge in [0.2, 0.25) is 0 Å². The zero-order chi connectivity index (χ0) is 12.1. The number of hydrogen-bond acceptors (Lipinski definition) is 2. The maximum Gasteiger partial charge on any atom is 0.0236 e. The summed E-state index contributed by atoms with van der Waals surface area (Å²) in [5.74, 6) is 0. The molecule has 1 fully saturated rings. The normalized spacial score (nSPS) is 15.5. The fourth-order valence-corrected chi connectivity index (χ4v) is 2.33. The van der Waals surface area contributed by atoms with Gasteiger partial charge in [-0.1, -0.05) is 31.2 Å². The molecule has 0 amide bonds. The summed E-state index contributed by atoms with van der Waals surface area (Å²) in [4.78, 5) is 2.62. The second-order valence-corrected chi connectivity index (χ2v) is 5.06. The van der Waals surface area contributed by atoms with E-state index in [-0.39, 0.29) is 0 Å². The molecule has 1 saturated carbocycles. The first-order chi connectivity index (χ1) is 8.33. The maximum atomic E-state index is 5.56. The van der Waals surface area contributed by atoms with Gasteiger partial charge in [0, 0.05) is 12.6 Å². The van der Waals surface area contributed by atoms with E-state index in [0.29, 0.717) is 0 Å². The lowest BCUT2D eigenvalue weighted by Crippen LogP contribution is -2.26. The van der Waals surface area contributed by atoms with Gasteiger partial charge in [0.05, 0.1) is 0 Å². The molecule has 0 radical (unpaired) electrons. The SMILES string of the molecule is CCCN(Cc1ccc(CCN)cc1)C1CC1. The first-order valence-electron chi connectivity index (χ1n) is 6.85. The molecular formula is C15H24N2. The summed E-state index contributed by atoms with van der Waals surface area (Å²) in [5.41, 5.74) is 8.35. The molecule has 0 spiro atoms. The predicted molar refractivity (Wildman–Crippen MR) is 72.9 cm³/mol. The quantitative estimate of drug-likeness (QED) is 0.783. The zero-order valence-corrected chi connectivity index (χ0v) is 10.9. The Labute approximate surface area is 105 Å². The summed E-state index contributed by atoms with van der Waals surface area (Å²) < 4.78 is 0. The summed E-state index contributed by atoms with van der Waals surface area (Å²) >= 11 is 0. The molecule has 0 aliphatic heterocycles. The summed E-state index contributed by atoms with van der Waals surface area (Å²) in [6.07, 6.45) is 5.03. The van der Waals surface area contributed by atoms with Crippen LogP contribution in [-0.4, -0.2) is 24.0 Å². The van der Waals surface area contributed by atoms with Crippen LogP contribution in [0.15, 0.2) is 24.3 Å². The van der Waals surface area contributed by atoms with E-state index in [9.17, 15) is 0 Å². The van der Waals surface area contributed by atoms with Crippen molar-refractivity contribution < 1.29 is 0 Å². The molecule has 1 aliphatic carbocycles. The van der Waals surface area contributed by atoms with Gasteiger partial charge in [-0.25, -0.2) is 0 Å². The minimum atomic E-state index is 0.739. The van der Waals surface area contributed by atoms with Crippen molar-refractivity contribution in [3.63, 3.8) is 0 Å². The highest BCUT2D eigenvalue weighted by atomic mass is 15.2. The van der Waals surface area contributed by atoms with Crippen LogP contribution in [0.25, 0.3) is 0 Å². The van der Waals surface area contributed by atoms with Gasteiger partial charge in [-0.15, -0.1) is 0 Å². The van der Waals surface area contributed by atoms with Crippen molar-refractivity contribution in [3.05, 3.63) is 35.4 Å². The zero-order valence-electron chi connectivity index (χ0n) is 10.9. The second-order valence-electron chi connectivity index (χ2n) is 5.06. The Balaban J connectivity index is 1.92. The second kappa shape index (κ2) is 6.18. The van der Waals surface area contributed by atoms with E-state index in [2.05, 4.69) is 36.1 Å². The molecule has 2 rings (SSSR count). The van der Waals surface area contributed by atoms with Gasteiger partial charge in [-0.3, -0.25) is 4.90 Å². The van der Waals surface area contributed by atoms with Gasteiger partial charge < -0.3 is 5.73 Å². The minimum absolute atomic E-state index is 0.739. The molecule has 1 aromatic carbocycles. The van der Waals surface area contributed by atoms with Crippen molar-refractivity contribution in [2.75, 3.05) is 13.1 Å². The molecule has 94 valence electrons. The van der Waals surface area contributed by atoms with E-state index in [1.807, 2.05) is 0 Å². The maximum absolute atomic E-state index is 5.56. The Kier molecular flexibility index (Phi) is 4.57. The smallest absolute Gasteiger partial charge is 0.0236 e. The fourth-order valence-electron chi connectivity index (χ4n) is 2.33. The third kappa shape index (κ3) is 3.83. The van der Waals surface area contributed by atoms with Crippen LogP contribution in [0.3, 0.4) is 0 Å². The molecule has 0 saturated heterocycles. The van der Waals surface area contributed by atoms with Gasteiger partial charge in [0.15, 0.2) is 0 Å². The van der Waals surface area contributed by atoms with Crippen molar-refractivity contribution in [2.45, 2.75) is 45.2 Å². The average Bonchev–Trinajstić information content (AvgIpc) is 3.15. The summed E-state index contributed by atoms with van der Waals surface area (Å²) in [7, 11) is 0. The van der Waals surface area contributed by atoms with Crippen LogP contribution < -0.4 is 5.73 Å². The van der Waals surface area contributed by atoms with Crippen molar-refractivity contribution >= 4 is 0 Å². The summed E-state index contributed by atoms with van der Waals surface area (Å²) in [6, 6.07) is 9.82. The van der Waals surface area contributed by atoms with Gasteiger partial charge in [0.25, 0.3) is 0 Å². The molecule has 0 atom stereocenters. The van der Waals surface area contributed by atoms with E-state index in [1.165, 1.54) is 36.9 Å². The molecule has 2 nitrogen and oxygen atoms in total. The van der Waals surface area contributed by atoms with Gasteiger partial charge >= 0.3 is 0 Å². The molecule has 17 heavy (non-hydrogen) atoms. The highest BCUT2D eigenvalue weighted by Crippen LogP contribution is 2.28. The molecule has 0 unspecified atom stereocenters. The number of nitrogens with zero attached hydrogens (tertiary/aromatic N) is 1. The number of rotatable bonds is 7. The Morgan fingerprint density at radius 2 is 1.82 bits per heavy atom. The highest BCUT2D eigenvalue weighted by molar-refractivity contribution is 5.23. The lowest BCUT2D eigenvalue weighted by atomic mass is 10.1. The van der Waals surface area contributed by atoms with Crippen LogP contribution in [-0.2, 0) is 13.0 Å². The van der Waals surface area contributed by atoms with E-state index in [0.717, 1.165) is 25.6 Å². The minimum Gasteiger partial charge on any atom is -0.330 e. The van der Waals surface area contributed by atoms with Gasteiger partial charge in [-0.2, -0.15) is 0 Å². The van der Waals surface area contributed by atoms with Crippen molar-refractivity contribution in [1.29, 1.82) is 0 Å². The molecule has 2 N–H and O–H groups in total. The van der Waals surface area contributed by atoms with E-state index < -0.39 is 0 Å². The standard InChI is InChI=1S/C15H24N2/c1-2-11-17(15-7-8-15)12-14-5-3-13(4-6-14)9-10-16/h3-6,15H,2,7-12,16H2,1H3. The Morgan fingerprint density at radius 1 is 1.18 bits per heavy atom. The number of hydrogen-bond donors (Lipinski definition) is 1. The monoisotopic (exact) mass is 232 g/mol. The lowest BCUT2D eigenvalue weighted by molar-refractivity contribution is 0.255. The molecular weight excluding hydrogens is 208 g/mol. The third-order valence-electron chi connectivity index (χ3n) is 3.42. The summed E-state index contributed by atoms with van der Waals surface area (Å²) in [5, 5.41) is 0. The van der Waals surface area contributed by atoms with Crippen LogP contribution >= 0.6 is 0 Å². The van der Waals surface area contributed by atoms with Crippen molar-refractivity contribution in [2.24, 2.45) is 5.73 Å². The van der Waals surface area contributed by atoms with Crippen LogP contribution in [0, 0.1) is 0 Å². The van der Waals surface area contributed by atoms with E-state index in [4.69, 9.17) is 5.73 Å². The third-order valence-corrected chi connectivity index (χ3v) is 3.42. The average molecular weight is 232 g/mol. The van der Waals surface area contributed by atoms with Crippen LogP contribution in [0.2, 0.25) is 0 Å². The number of benzene rings is 1. The number of nitrogens with two attached hydrogens (primary N) is 1. The van der Waals surface area contributed by atoms with E-state index in [1.54, 1.807) is 0 Å². The highest BCUT2D eigenvalue weighted by Gasteiger charge is 2.27. The van der Waals surface area contributed by atoms with Crippen LogP contribution in [0.1, 0.15) is 37.3 Å². The Hall–Kier alpha value is -0.860. The Morgan fingerprint density at radius 3 is 2.35 bits per heavy atom. The lowest BCUT2D eigenvalue weighted by Gasteiger charge is -2.21. The Bertz CT molecular complexity index is 327. The van der Waals surface area contributed by atoms with Gasteiger partial charge in [-0.05, 0) is 49.9 Å². The first-order valence-corrected chi connectivity index (χ1v) is 6.85. The fraction of sp³-hybridized carbons (Fsp3) is 0.600. The predicted octanol–water partition coefficient (Wildman–Crippen LogP) is 2.56. The first kappa shape index (κ1) is 12.6. The summed E-state index contributed by atoms with van der Waals surface area (Å²) in [6.45, 7) is 5.35. The topological polar surface area (TPSA) is 29.3 Å². The molecule has 1 aliphatic rings. The van der Waals surface area contributed by atoms with Crippen LogP contribution in [0.4, 0.5) is 0 Å². The van der Waals surface area contributed by atoms with Gasteiger partial charge in [0.1, 0.15) is 0 Å². The molecule has 0 bridgehead atoms. The van der Waals surface area contributed by atoms with E-state index >= 15 is 0 Å². The van der Waals surface area contributed by atoms with Crippen molar-refractivity contribution in [3.8, 4) is 0 Å². The molecule has 0 aromatic heterocycles. The largest absolute Gasteiger partial charge is 0.330 e. The van der Waals surface area contributed by atoms with Crippen molar-refractivity contribution in [1.82, 2.24) is 4.90 Å². The van der Waals surface area contributed by atoms with Crippen LogP contribution in [0.5, 0.6) is 0 Å². The molecule has 1 aromatic rings. The molecule has 2 heteroatoms.